The van der Waals surface area contributed by atoms with Gasteiger partial charge in [-0.15, -0.1) is 0 Å². The molecule has 1 amide bonds. The number of piperidine rings is 1. The van der Waals surface area contributed by atoms with E-state index in [1.165, 1.54) is 43.5 Å². The number of hydrogen-bond acceptors (Lipinski definition) is 3. The van der Waals surface area contributed by atoms with Gasteiger partial charge in [-0.3, -0.25) is 4.79 Å². The zero-order chi connectivity index (χ0) is 20.2. The highest BCUT2D eigenvalue weighted by Gasteiger charge is 2.37. The standard InChI is InChI=1S/C25H32N2O2/c1-19-9-11-20(12-10-19)24-18-27(17-22(24)16-26-13-4-3-5-14-26)25(28)21-7-6-8-23(15-21)29-2/h6-12,15,22,24H,3-5,13-14,16-18H2,1-2H3/t22-,24+/m1/s1. The SMILES string of the molecule is COc1cccc(C(=O)N2C[C@@H](CN3CCCCC3)[C@H](c3ccc(C)cc3)C2)c1. The second kappa shape index (κ2) is 9.00. The summed E-state index contributed by atoms with van der Waals surface area (Å²) in [7, 11) is 1.64. The Kier molecular flexibility index (Phi) is 6.19. The van der Waals surface area contributed by atoms with Crippen molar-refractivity contribution < 1.29 is 9.53 Å². The van der Waals surface area contributed by atoms with E-state index in [2.05, 4.69) is 36.1 Å². The Morgan fingerprint density at radius 3 is 2.52 bits per heavy atom. The van der Waals surface area contributed by atoms with Crippen LogP contribution >= 0.6 is 0 Å². The first-order valence-corrected chi connectivity index (χ1v) is 10.9. The molecule has 2 fully saturated rings. The summed E-state index contributed by atoms with van der Waals surface area (Å²) in [4.78, 5) is 17.9. The van der Waals surface area contributed by atoms with Crippen LogP contribution in [0.2, 0.25) is 0 Å². The van der Waals surface area contributed by atoms with Crippen molar-refractivity contribution in [3.8, 4) is 5.75 Å². The molecule has 2 heterocycles. The van der Waals surface area contributed by atoms with Gasteiger partial charge in [0.15, 0.2) is 0 Å². The van der Waals surface area contributed by atoms with Crippen molar-refractivity contribution in [3.05, 3.63) is 65.2 Å². The Labute approximate surface area is 174 Å². The number of rotatable bonds is 5. The van der Waals surface area contributed by atoms with Gasteiger partial charge in [-0.1, -0.05) is 42.3 Å². The fourth-order valence-electron chi connectivity index (χ4n) is 4.83. The van der Waals surface area contributed by atoms with E-state index >= 15 is 0 Å². The fraction of sp³-hybridized carbons (Fsp3) is 0.480. The summed E-state index contributed by atoms with van der Waals surface area (Å²) in [5, 5.41) is 0. The van der Waals surface area contributed by atoms with E-state index in [0.29, 0.717) is 17.4 Å². The number of hydrogen-bond donors (Lipinski definition) is 0. The molecular formula is C25H32N2O2. The van der Waals surface area contributed by atoms with Crippen LogP contribution in [-0.4, -0.2) is 55.5 Å². The van der Waals surface area contributed by atoms with Gasteiger partial charge in [0.2, 0.25) is 0 Å². The number of aryl methyl sites for hydroxylation is 1. The number of amides is 1. The van der Waals surface area contributed by atoms with Gasteiger partial charge in [-0.25, -0.2) is 0 Å². The van der Waals surface area contributed by atoms with Gasteiger partial charge >= 0.3 is 0 Å². The topological polar surface area (TPSA) is 32.8 Å². The first-order chi connectivity index (χ1) is 14.1. The molecule has 4 heteroatoms. The van der Waals surface area contributed by atoms with E-state index < -0.39 is 0 Å². The number of likely N-dealkylation sites (tertiary alicyclic amines) is 2. The van der Waals surface area contributed by atoms with Crippen LogP contribution in [0.3, 0.4) is 0 Å². The molecule has 0 radical (unpaired) electrons. The molecule has 4 rings (SSSR count). The van der Waals surface area contributed by atoms with Crippen molar-refractivity contribution in [1.82, 2.24) is 9.80 Å². The zero-order valence-corrected chi connectivity index (χ0v) is 17.6. The molecule has 0 N–H and O–H groups in total. The van der Waals surface area contributed by atoms with Gasteiger partial charge in [0.1, 0.15) is 5.75 Å². The maximum Gasteiger partial charge on any atom is 0.254 e. The fourth-order valence-corrected chi connectivity index (χ4v) is 4.83. The van der Waals surface area contributed by atoms with E-state index in [1.54, 1.807) is 7.11 Å². The molecule has 0 spiro atoms. The lowest BCUT2D eigenvalue weighted by Gasteiger charge is -2.31. The average molecular weight is 393 g/mol. The highest BCUT2D eigenvalue weighted by Crippen LogP contribution is 2.35. The molecule has 0 saturated carbocycles. The van der Waals surface area contributed by atoms with Crippen molar-refractivity contribution in [3.63, 3.8) is 0 Å². The van der Waals surface area contributed by atoms with Crippen LogP contribution in [0, 0.1) is 12.8 Å². The van der Waals surface area contributed by atoms with Gasteiger partial charge in [-0.2, -0.15) is 0 Å². The number of carbonyl (C=O) groups excluding carboxylic acids is 1. The summed E-state index contributed by atoms with van der Waals surface area (Å²) >= 11 is 0. The number of benzene rings is 2. The molecule has 4 nitrogen and oxygen atoms in total. The highest BCUT2D eigenvalue weighted by molar-refractivity contribution is 5.94. The third kappa shape index (κ3) is 4.64. The first-order valence-electron chi connectivity index (χ1n) is 10.9. The van der Waals surface area contributed by atoms with Crippen molar-refractivity contribution in [1.29, 1.82) is 0 Å². The van der Waals surface area contributed by atoms with Crippen LogP contribution in [0.4, 0.5) is 0 Å². The predicted octanol–water partition coefficient (Wildman–Crippen LogP) is 4.35. The number of nitrogens with zero attached hydrogens (tertiary/aromatic N) is 2. The summed E-state index contributed by atoms with van der Waals surface area (Å²) in [5.74, 6) is 1.72. The second-order valence-electron chi connectivity index (χ2n) is 8.58. The lowest BCUT2D eigenvalue weighted by Crippen LogP contribution is -2.36. The maximum atomic E-state index is 13.2. The van der Waals surface area contributed by atoms with Gasteiger partial charge in [0.25, 0.3) is 5.91 Å². The summed E-state index contributed by atoms with van der Waals surface area (Å²) in [6.07, 6.45) is 3.95. The molecule has 2 aliphatic rings. The molecule has 0 aromatic heterocycles. The maximum absolute atomic E-state index is 13.2. The monoisotopic (exact) mass is 392 g/mol. The molecule has 2 atom stereocenters. The van der Waals surface area contributed by atoms with E-state index in [0.717, 1.165) is 25.4 Å². The molecule has 0 bridgehead atoms. The predicted molar refractivity (Wildman–Crippen MR) is 117 cm³/mol. The molecular weight excluding hydrogens is 360 g/mol. The highest BCUT2D eigenvalue weighted by atomic mass is 16.5. The van der Waals surface area contributed by atoms with Crippen LogP contribution in [0.5, 0.6) is 5.75 Å². The molecule has 29 heavy (non-hydrogen) atoms. The Balaban J connectivity index is 1.54. The van der Waals surface area contributed by atoms with Crippen LogP contribution < -0.4 is 4.74 Å². The largest absolute Gasteiger partial charge is 0.497 e. The van der Waals surface area contributed by atoms with Crippen molar-refractivity contribution >= 4 is 5.91 Å². The third-order valence-electron chi connectivity index (χ3n) is 6.49. The zero-order valence-electron chi connectivity index (χ0n) is 17.6. The first kappa shape index (κ1) is 20.0. The van der Waals surface area contributed by atoms with Crippen molar-refractivity contribution in [2.45, 2.75) is 32.1 Å². The summed E-state index contributed by atoms with van der Waals surface area (Å²) in [5.41, 5.74) is 3.35. The summed E-state index contributed by atoms with van der Waals surface area (Å²) < 4.78 is 5.31. The molecule has 2 aromatic rings. The Bertz CT molecular complexity index is 827. The van der Waals surface area contributed by atoms with Gasteiger partial charge in [0, 0.05) is 31.1 Å². The van der Waals surface area contributed by atoms with Gasteiger partial charge in [0.05, 0.1) is 7.11 Å². The second-order valence-corrected chi connectivity index (χ2v) is 8.58. The number of ether oxygens (including phenoxy) is 1. The van der Waals surface area contributed by atoms with Crippen molar-refractivity contribution in [2.75, 3.05) is 39.8 Å². The van der Waals surface area contributed by atoms with E-state index in [-0.39, 0.29) is 5.91 Å². The van der Waals surface area contributed by atoms with Crippen LogP contribution in [0.1, 0.15) is 46.7 Å². The minimum Gasteiger partial charge on any atom is -0.497 e. The van der Waals surface area contributed by atoms with E-state index in [9.17, 15) is 4.79 Å². The molecule has 154 valence electrons. The lowest BCUT2D eigenvalue weighted by molar-refractivity contribution is 0.0781. The lowest BCUT2D eigenvalue weighted by atomic mass is 9.88. The van der Waals surface area contributed by atoms with Gasteiger partial charge < -0.3 is 14.5 Å². The molecule has 2 aliphatic heterocycles. The van der Waals surface area contributed by atoms with Crippen LogP contribution in [-0.2, 0) is 0 Å². The summed E-state index contributed by atoms with van der Waals surface area (Å²) in [6.45, 7) is 7.22. The molecule has 2 aromatic carbocycles. The van der Waals surface area contributed by atoms with E-state index in [4.69, 9.17) is 4.74 Å². The average Bonchev–Trinajstić information content (AvgIpc) is 3.18. The van der Waals surface area contributed by atoms with Crippen LogP contribution in [0.25, 0.3) is 0 Å². The quantitative estimate of drug-likeness (QED) is 0.759. The third-order valence-corrected chi connectivity index (χ3v) is 6.49. The molecule has 2 saturated heterocycles. The minimum absolute atomic E-state index is 0.113. The Hall–Kier alpha value is -2.33. The number of carbonyl (C=O) groups is 1. The number of methoxy groups -OCH3 is 1. The Morgan fingerprint density at radius 2 is 1.79 bits per heavy atom. The smallest absolute Gasteiger partial charge is 0.254 e. The van der Waals surface area contributed by atoms with Crippen LogP contribution in [0.15, 0.2) is 48.5 Å². The normalized spacial score (nSPS) is 22.6. The molecule has 0 unspecified atom stereocenters. The molecule has 0 aliphatic carbocycles. The minimum atomic E-state index is 0.113. The van der Waals surface area contributed by atoms with Gasteiger partial charge in [-0.05, 0) is 62.5 Å². The summed E-state index contributed by atoms with van der Waals surface area (Å²) in [6, 6.07) is 16.4. The Morgan fingerprint density at radius 1 is 1.03 bits per heavy atom. The van der Waals surface area contributed by atoms with E-state index in [1.807, 2.05) is 29.2 Å². The van der Waals surface area contributed by atoms with Crippen molar-refractivity contribution in [2.24, 2.45) is 5.92 Å².